The van der Waals surface area contributed by atoms with Crippen molar-refractivity contribution in [2.75, 3.05) is 12.8 Å². The van der Waals surface area contributed by atoms with E-state index in [9.17, 15) is 14.5 Å². The Morgan fingerprint density at radius 3 is 2.71 bits per heavy atom. The standard InChI is InChI=1S/C14H13FN2O3S/c1-20-12-5-9(4-11(7-12)17(18)19)8-21-14-3-2-10(16)6-13(14)15/h2-7H,8,16H2,1H3. The minimum Gasteiger partial charge on any atom is -0.496 e. The molecule has 110 valence electrons. The molecule has 0 saturated heterocycles. The van der Waals surface area contributed by atoms with Gasteiger partial charge in [-0.05, 0) is 29.8 Å². The summed E-state index contributed by atoms with van der Waals surface area (Å²) in [7, 11) is 1.44. The van der Waals surface area contributed by atoms with Gasteiger partial charge in [0.25, 0.3) is 5.69 Å². The second-order valence-corrected chi connectivity index (χ2v) is 5.29. The van der Waals surface area contributed by atoms with Crippen molar-refractivity contribution >= 4 is 23.1 Å². The van der Waals surface area contributed by atoms with Crippen LogP contribution in [0.1, 0.15) is 5.56 Å². The van der Waals surface area contributed by atoms with Crippen LogP contribution in [0.2, 0.25) is 0 Å². The molecule has 7 heteroatoms. The average molecular weight is 308 g/mol. The fraction of sp³-hybridized carbons (Fsp3) is 0.143. The summed E-state index contributed by atoms with van der Waals surface area (Å²) in [6.07, 6.45) is 0. The molecule has 0 atom stereocenters. The smallest absolute Gasteiger partial charge is 0.273 e. The largest absolute Gasteiger partial charge is 0.496 e. The van der Waals surface area contributed by atoms with Gasteiger partial charge in [0.05, 0.1) is 18.1 Å². The van der Waals surface area contributed by atoms with Crippen LogP contribution in [0, 0.1) is 15.9 Å². The molecule has 0 spiro atoms. The molecule has 0 amide bonds. The van der Waals surface area contributed by atoms with Crippen LogP contribution in [0.5, 0.6) is 5.75 Å². The van der Waals surface area contributed by atoms with Gasteiger partial charge in [-0.2, -0.15) is 0 Å². The van der Waals surface area contributed by atoms with Gasteiger partial charge in [0, 0.05) is 22.4 Å². The highest BCUT2D eigenvalue weighted by molar-refractivity contribution is 7.98. The lowest BCUT2D eigenvalue weighted by Gasteiger charge is -2.06. The lowest BCUT2D eigenvalue weighted by Crippen LogP contribution is -1.93. The summed E-state index contributed by atoms with van der Waals surface area (Å²) in [4.78, 5) is 10.8. The summed E-state index contributed by atoms with van der Waals surface area (Å²) in [5.41, 5.74) is 6.47. The van der Waals surface area contributed by atoms with Gasteiger partial charge in [-0.25, -0.2) is 4.39 Å². The minimum absolute atomic E-state index is 0.0530. The predicted octanol–water partition coefficient (Wildman–Crippen LogP) is 3.62. The number of nitrogens with two attached hydrogens (primary N) is 1. The Bertz CT molecular complexity index is 679. The highest BCUT2D eigenvalue weighted by atomic mass is 32.2. The number of ether oxygens (including phenoxy) is 1. The molecule has 2 N–H and O–H groups in total. The number of hydrogen-bond donors (Lipinski definition) is 1. The van der Waals surface area contributed by atoms with Crippen LogP contribution in [0.15, 0.2) is 41.3 Å². The quantitative estimate of drug-likeness (QED) is 0.395. The molecule has 0 aliphatic rings. The van der Waals surface area contributed by atoms with E-state index in [2.05, 4.69) is 0 Å². The van der Waals surface area contributed by atoms with Gasteiger partial charge in [-0.3, -0.25) is 10.1 Å². The Morgan fingerprint density at radius 2 is 2.10 bits per heavy atom. The van der Waals surface area contributed by atoms with E-state index in [1.807, 2.05) is 0 Å². The number of hydrogen-bond acceptors (Lipinski definition) is 5. The number of rotatable bonds is 5. The fourth-order valence-electron chi connectivity index (χ4n) is 1.75. The molecule has 0 aliphatic heterocycles. The maximum absolute atomic E-state index is 13.7. The molecule has 0 fully saturated rings. The zero-order chi connectivity index (χ0) is 15.4. The highest BCUT2D eigenvalue weighted by Crippen LogP contribution is 2.30. The molecule has 2 aromatic carbocycles. The molecule has 0 unspecified atom stereocenters. The van der Waals surface area contributed by atoms with E-state index in [0.29, 0.717) is 27.6 Å². The molecule has 2 aromatic rings. The normalized spacial score (nSPS) is 10.4. The number of nitrogens with zero attached hydrogens (tertiary/aromatic N) is 1. The summed E-state index contributed by atoms with van der Waals surface area (Å²) in [6.45, 7) is 0. The van der Waals surface area contributed by atoms with Gasteiger partial charge in [-0.15, -0.1) is 11.8 Å². The Labute approximate surface area is 125 Å². The highest BCUT2D eigenvalue weighted by Gasteiger charge is 2.11. The van der Waals surface area contributed by atoms with Gasteiger partial charge in [0.1, 0.15) is 11.6 Å². The van der Waals surface area contributed by atoms with Crippen LogP contribution in [-0.2, 0) is 5.75 Å². The molecule has 0 radical (unpaired) electrons. The van der Waals surface area contributed by atoms with Crippen LogP contribution in [0.3, 0.4) is 0 Å². The third-order valence-corrected chi connectivity index (χ3v) is 3.87. The average Bonchev–Trinajstić information content (AvgIpc) is 2.46. The number of anilines is 1. The van der Waals surface area contributed by atoms with Gasteiger partial charge in [0.2, 0.25) is 0 Å². The first-order valence-corrected chi connectivity index (χ1v) is 6.98. The Morgan fingerprint density at radius 1 is 1.33 bits per heavy atom. The van der Waals surface area contributed by atoms with Crippen molar-refractivity contribution in [1.82, 2.24) is 0 Å². The number of non-ortho nitro benzene ring substituents is 1. The molecule has 0 bridgehead atoms. The van der Waals surface area contributed by atoms with Crippen LogP contribution in [-0.4, -0.2) is 12.0 Å². The van der Waals surface area contributed by atoms with E-state index >= 15 is 0 Å². The van der Waals surface area contributed by atoms with Crippen molar-refractivity contribution in [2.24, 2.45) is 0 Å². The SMILES string of the molecule is COc1cc(CSc2ccc(N)cc2F)cc([N+](=O)[O-])c1. The number of nitrogen functional groups attached to an aromatic ring is 1. The lowest BCUT2D eigenvalue weighted by molar-refractivity contribution is -0.385. The second kappa shape index (κ2) is 6.45. The first kappa shape index (κ1) is 15.1. The topological polar surface area (TPSA) is 78.4 Å². The number of nitro benzene ring substituents is 1. The number of methoxy groups -OCH3 is 1. The van der Waals surface area contributed by atoms with Gasteiger partial charge < -0.3 is 10.5 Å². The van der Waals surface area contributed by atoms with Crippen LogP contribution in [0.25, 0.3) is 0 Å². The number of benzene rings is 2. The van der Waals surface area contributed by atoms with E-state index < -0.39 is 10.7 Å². The van der Waals surface area contributed by atoms with Crippen molar-refractivity contribution in [3.8, 4) is 5.75 Å². The molecule has 0 aromatic heterocycles. The van der Waals surface area contributed by atoms with Crippen LogP contribution in [0.4, 0.5) is 15.8 Å². The first-order chi connectivity index (χ1) is 9.99. The molecule has 21 heavy (non-hydrogen) atoms. The van der Waals surface area contributed by atoms with E-state index in [4.69, 9.17) is 10.5 Å². The molecule has 0 saturated carbocycles. The van der Waals surface area contributed by atoms with Gasteiger partial charge in [-0.1, -0.05) is 0 Å². The van der Waals surface area contributed by atoms with Crippen molar-refractivity contribution in [3.63, 3.8) is 0 Å². The van der Waals surface area contributed by atoms with Gasteiger partial charge >= 0.3 is 0 Å². The Hall–Kier alpha value is -2.28. The van der Waals surface area contributed by atoms with E-state index in [-0.39, 0.29) is 5.69 Å². The monoisotopic (exact) mass is 308 g/mol. The third-order valence-electron chi connectivity index (χ3n) is 2.75. The molecule has 0 heterocycles. The molecule has 5 nitrogen and oxygen atoms in total. The maximum atomic E-state index is 13.7. The molecule has 2 rings (SSSR count). The summed E-state index contributed by atoms with van der Waals surface area (Å²) in [5, 5.41) is 10.9. The Balaban J connectivity index is 2.19. The fourth-order valence-corrected chi connectivity index (χ4v) is 2.60. The number of nitro groups is 1. The van der Waals surface area contributed by atoms with Gasteiger partial charge in [0.15, 0.2) is 0 Å². The van der Waals surface area contributed by atoms with Crippen molar-refractivity contribution in [2.45, 2.75) is 10.6 Å². The molecular weight excluding hydrogens is 295 g/mol. The zero-order valence-electron chi connectivity index (χ0n) is 11.2. The van der Waals surface area contributed by atoms with Crippen LogP contribution >= 0.6 is 11.8 Å². The summed E-state index contributed by atoms with van der Waals surface area (Å²) >= 11 is 1.24. The lowest BCUT2D eigenvalue weighted by atomic mass is 10.2. The number of halogens is 1. The summed E-state index contributed by atoms with van der Waals surface area (Å²) in [5.74, 6) is 0.383. The zero-order valence-corrected chi connectivity index (χ0v) is 12.0. The molecular formula is C14H13FN2O3S. The molecule has 0 aliphatic carbocycles. The third kappa shape index (κ3) is 3.85. The predicted molar refractivity (Wildman–Crippen MR) is 80.0 cm³/mol. The van der Waals surface area contributed by atoms with Crippen molar-refractivity contribution < 1.29 is 14.1 Å². The van der Waals surface area contributed by atoms with E-state index in [0.717, 1.165) is 0 Å². The van der Waals surface area contributed by atoms with Crippen molar-refractivity contribution in [3.05, 3.63) is 57.9 Å². The summed E-state index contributed by atoms with van der Waals surface area (Å²) < 4.78 is 18.7. The van der Waals surface area contributed by atoms with Crippen LogP contribution < -0.4 is 10.5 Å². The first-order valence-electron chi connectivity index (χ1n) is 6.00. The van der Waals surface area contributed by atoms with E-state index in [1.54, 1.807) is 18.2 Å². The Kier molecular flexibility index (Phi) is 4.64. The number of thioether (sulfide) groups is 1. The van der Waals surface area contributed by atoms with Crippen molar-refractivity contribution in [1.29, 1.82) is 0 Å². The summed E-state index contributed by atoms with van der Waals surface area (Å²) in [6, 6.07) is 8.93. The second-order valence-electron chi connectivity index (χ2n) is 4.27. The van der Waals surface area contributed by atoms with E-state index in [1.165, 1.54) is 37.1 Å². The minimum atomic E-state index is -0.486. The maximum Gasteiger partial charge on any atom is 0.273 e.